The molecule has 0 saturated heterocycles. The molecule has 180 valence electrons. The number of methoxy groups -OCH3 is 1. The molecule has 0 aliphatic carbocycles. The summed E-state index contributed by atoms with van der Waals surface area (Å²) in [7, 11) is 3.45. The first-order valence-corrected chi connectivity index (χ1v) is 11.4. The second-order valence-corrected chi connectivity index (χ2v) is 8.47. The molecule has 35 heavy (non-hydrogen) atoms. The lowest BCUT2D eigenvalue weighted by atomic mass is 10.2. The van der Waals surface area contributed by atoms with Crippen LogP contribution < -0.4 is 10.1 Å². The average molecular weight is 470 g/mol. The van der Waals surface area contributed by atoms with Crippen molar-refractivity contribution in [2.24, 2.45) is 0 Å². The van der Waals surface area contributed by atoms with E-state index in [1.165, 1.54) is 16.7 Å². The standard InChI is InChI=1S/C9H11N3.C9H10N2O.C9H10N2/c1-6-3-4-7-8(5-6)12-9(10-2)11-7;1-6-3-4-7-8(5-6)11-9(10-7)12-2;1-6-3-4-8-9(5-6)11-7(2)10-8/h3-5H,1-2H3,(H2,10,11,12);3-5H,1-2H3,(H,10,11);3-5H,1-2H3,(H,10,11). The van der Waals surface area contributed by atoms with Crippen molar-refractivity contribution in [1.82, 2.24) is 29.9 Å². The number of hydrogen-bond acceptors (Lipinski definition) is 5. The number of aromatic nitrogens is 6. The first kappa shape index (κ1) is 23.8. The molecule has 0 aliphatic rings. The molecule has 8 nitrogen and oxygen atoms in total. The van der Waals surface area contributed by atoms with Crippen LogP contribution in [-0.4, -0.2) is 44.1 Å². The Kier molecular flexibility index (Phi) is 7.01. The first-order chi connectivity index (χ1) is 16.8. The van der Waals surface area contributed by atoms with Gasteiger partial charge in [0.25, 0.3) is 6.01 Å². The molecule has 6 aromatic rings. The van der Waals surface area contributed by atoms with Crippen molar-refractivity contribution in [3.63, 3.8) is 0 Å². The summed E-state index contributed by atoms with van der Waals surface area (Å²) in [5.41, 5.74) is 9.95. The highest BCUT2D eigenvalue weighted by Gasteiger charge is 2.01. The maximum atomic E-state index is 4.97. The second kappa shape index (κ2) is 10.3. The molecule has 8 heteroatoms. The lowest BCUT2D eigenvalue weighted by Crippen LogP contribution is -1.88. The van der Waals surface area contributed by atoms with Gasteiger partial charge in [0.2, 0.25) is 5.95 Å². The molecule has 0 fully saturated rings. The Bertz CT molecular complexity index is 1500. The topological polar surface area (TPSA) is 107 Å². The van der Waals surface area contributed by atoms with Crippen molar-refractivity contribution in [1.29, 1.82) is 0 Å². The van der Waals surface area contributed by atoms with Crippen molar-refractivity contribution in [3.8, 4) is 6.01 Å². The fourth-order valence-corrected chi connectivity index (χ4v) is 3.69. The largest absolute Gasteiger partial charge is 0.468 e. The molecule has 0 spiro atoms. The van der Waals surface area contributed by atoms with Gasteiger partial charge >= 0.3 is 0 Å². The molecule has 3 aromatic heterocycles. The lowest BCUT2D eigenvalue weighted by molar-refractivity contribution is 0.386. The summed E-state index contributed by atoms with van der Waals surface area (Å²) in [5.74, 6) is 1.79. The van der Waals surface area contributed by atoms with Gasteiger partial charge in [-0.2, -0.15) is 4.98 Å². The normalized spacial score (nSPS) is 10.6. The zero-order valence-electron chi connectivity index (χ0n) is 20.9. The second-order valence-electron chi connectivity index (χ2n) is 8.47. The number of nitrogens with zero attached hydrogens (tertiary/aromatic N) is 3. The van der Waals surface area contributed by atoms with Crippen LogP contribution in [0.25, 0.3) is 33.1 Å². The van der Waals surface area contributed by atoms with Crippen molar-refractivity contribution in [2.45, 2.75) is 27.7 Å². The van der Waals surface area contributed by atoms with E-state index in [0.717, 1.165) is 44.9 Å². The molecule has 0 aliphatic heterocycles. The monoisotopic (exact) mass is 469 g/mol. The van der Waals surface area contributed by atoms with E-state index in [-0.39, 0.29) is 0 Å². The van der Waals surface area contributed by atoms with Gasteiger partial charge in [0, 0.05) is 7.05 Å². The van der Waals surface area contributed by atoms with Crippen LogP contribution in [-0.2, 0) is 0 Å². The van der Waals surface area contributed by atoms with Gasteiger partial charge < -0.3 is 25.0 Å². The van der Waals surface area contributed by atoms with E-state index in [0.29, 0.717) is 6.01 Å². The Morgan fingerprint density at radius 3 is 1.66 bits per heavy atom. The fourth-order valence-electron chi connectivity index (χ4n) is 3.69. The van der Waals surface area contributed by atoms with Crippen molar-refractivity contribution in [3.05, 3.63) is 77.1 Å². The summed E-state index contributed by atoms with van der Waals surface area (Å²) in [6.07, 6.45) is 0. The smallest absolute Gasteiger partial charge is 0.294 e. The highest BCUT2D eigenvalue weighted by atomic mass is 16.5. The molecular weight excluding hydrogens is 438 g/mol. The Hall–Kier alpha value is -4.33. The predicted molar refractivity (Wildman–Crippen MR) is 143 cm³/mol. The molecule has 0 atom stereocenters. The van der Waals surface area contributed by atoms with Gasteiger partial charge in [-0.05, 0) is 80.8 Å². The van der Waals surface area contributed by atoms with Gasteiger partial charge in [-0.25, -0.2) is 9.97 Å². The number of benzene rings is 3. The van der Waals surface area contributed by atoms with Crippen LogP contribution in [0.2, 0.25) is 0 Å². The predicted octanol–water partition coefficient (Wildman–Crippen LogP) is 5.97. The minimum atomic E-state index is 0.565. The SMILES string of the molecule is CNc1nc2ccc(C)cc2[nH]1.COc1nc2ccc(C)cc2[nH]1.Cc1ccc2nc(C)[nH]c2c1. The Labute approximate surface area is 204 Å². The Morgan fingerprint density at radius 2 is 1.11 bits per heavy atom. The van der Waals surface area contributed by atoms with Crippen LogP contribution in [0.15, 0.2) is 54.6 Å². The molecule has 0 saturated carbocycles. The summed E-state index contributed by atoms with van der Waals surface area (Å²) in [6, 6.07) is 19.0. The summed E-state index contributed by atoms with van der Waals surface area (Å²) < 4.78 is 4.97. The van der Waals surface area contributed by atoms with Gasteiger partial charge in [0.1, 0.15) is 5.82 Å². The zero-order valence-corrected chi connectivity index (χ0v) is 20.9. The van der Waals surface area contributed by atoms with Crippen LogP contribution in [0.3, 0.4) is 0 Å². The quantitative estimate of drug-likeness (QED) is 0.250. The Morgan fingerprint density at radius 1 is 0.629 bits per heavy atom. The number of hydrogen-bond donors (Lipinski definition) is 4. The number of fused-ring (bicyclic) bond motifs is 3. The fraction of sp³-hybridized carbons (Fsp3) is 0.222. The molecule has 3 heterocycles. The average Bonchev–Trinajstić information content (AvgIpc) is 3.54. The number of ether oxygens (including phenoxy) is 1. The number of imidazole rings is 3. The van der Waals surface area contributed by atoms with Crippen LogP contribution in [0.1, 0.15) is 22.5 Å². The highest BCUT2D eigenvalue weighted by Crippen LogP contribution is 2.17. The molecule has 0 unspecified atom stereocenters. The molecule has 0 radical (unpaired) electrons. The molecule has 6 rings (SSSR count). The first-order valence-electron chi connectivity index (χ1n) is 11.4. The summed E-state index contributed by atoms with van der Waals surface area (Å²) in [4.78, 5) is 22.2. The van der Waals surface area contributed by atoms with E-state index in [9.17, 15) is 0 Å². The van der Waals surface area contributed by atoms with Crippen LogP contribution in [0.4, 0.5) is 5.95 Å². The molecule has 3 aromatic carbocycles. The third-order valence-corrected chi connectivity index (χ3v) is 5.44. The molecule has 4 N–H and O–H groups in total. The minimum Gasteiger partial charge on any atom is -0.468 e. The van der Waals surface area contributed by atoms with E-state index >= 15 is 0 Å². The third-order valence-electron chi connectivity index (χ3n) is 5.44. The maximum absolute atomic E-state index is 4.97. The van der Waals surface area contributed by atoms with E-state index in [2.05, 4.69) is 73.3 Å². The number of anilines is 1. The molecular formula is C27H31N7O. The number of aryl methyl sites for hydroxylation is 4. The van der Waals surface area contributed by atoms with E-state index < -0.39 is 0 Å². The zero-order chi connectivity index (χ0) is 24.9. The van der Waals surface area contributed by atoms with Gasteiger partial charge in [0.05, 0.1) is 40.2 Å². The Balaban J connectivity index is 0.000000124. The number of nitrogens with one attached hydrogen (secondary N) is 4. The van der Waals surface area contributed by atoms with Crippen molar-refractivity contribution < 1.29 is 4.74 Å². The van der Waals surface area contributed by atoms with Gasteiger partial charge in [-0.15, -0.1) is 0 Å². The summed E-state index contributed by atoms with van der Waals surface area (Å²) in [6.45, 7) is 8.16. The summed E-state index contributed by atoms with van der Waals surface area (Å²) >= 11 is 0. The van der Waals surface area contributed by atoms with Crippen LogP contribution in [0, 0.1) is 27.7 Å². The van der Waals surface area contributed by atoms with Crippen molar-refractivity contribution >= 4 is 39.0 Å². The molecule has 0 amide bonds. The number of aromatic amines is 3. The third kappa shape index (κ3) is 5.78. The van der Waals surface area contributed by atoms with Crippen LogP contribution >= 0.6 is 0 Å². The highest BCUT2D eigenvalue weighted by molar-refractivity contribution is 5.78. The van der Waals surface area contributed by atoms with E-state index in [4.69, 9.17) is 4.74 Å². The molecule has 0 bridgehead atoms. The van der Waals surface area contributed by atoms with E-state index in [1.807, 2.05) is 51.2 Å². The number of H-pyrrole nitrogens is 3. The minimum absolute atomic E-state index is 0.565. The number of rotatable bonds is 2. The van der Waals surface area contributed by atoms with Gasteiger partial charge in [-0.3, -0.25) is 0 Å². The van der Waals surface area contributed by atoms with E-state index in [1.54, 1.807) is 7.11 Å². The van der Waals surface area contributed by atoms with Gasteiger partial charge in [-0.1, -0.05) is 18.2 Å². The maximum Gasteiger partial charge on any atom is 0.294 e. The summed E-state index contributed by atoms with van der Waals surface area (Å²) in [5, 5.41) is 2.97. The lowest BCUT2D eigenvalue weighted by Gasteiger charge is -1.89. The van der Waals surface area contributed by atoms with Crippen molar-refractivity contribution in [2.75, 3.05) is 19.5 Å². The van der Waals surface area contributed by atoms with Gasteiger partial charge in [0.15, 0.2) is 0 Å². The van der Waals surface area contributed by atoms with Crippen LogP contribution in [0.5, 0.6) is 6.01 Å².